The predicted molar refractivity (Wildman–Crippen MR) is 95.4 cm³/mol. The van der Waals surface area contributed by atoms with Crippen molar-refractivity contribution in [3.05, 3.63) is 30.1 Å². The number of hydrogen-bond acceptors (Lipinski definition) is 3. The standard InChI is InChI=1S/C19H25FN2O3S/c20-15-6-8-17(9-7-15)26(24,25)21-13-11-19(14-21)10-3-12-22(18(19)23)16-4-1-2-5-16/h6-9,16H,1-5,10-14H2/t19-/m0/s1. The van der Waals surface area contributed by atoms with Gasteiger partial charge in [-0.25, -0.2) is 12.8 Å². The average molecular weight is 380 g/mol. The zero-order chi connectivity index (χ0) is 18.4. The summed E-state index contributed by atoms with van der Waals surface area (Å²) in [6, 6.07) is 5.24. The molecule has 3 fully saturated rings. The van der Waals surface area contributed by atoms with Gasteiger partial charge in [-0.2, -0.15) is 4.31 Å². The summed E-state index contributed by atoms with van der Waals surface area (Å²) in [5.74, 6) is -0.316. The van der Waals surface area contributed by atoms with Crippen molar-refractivity contribution in [2.24, 2.45) is 5.41 Å². The van der Waals surface area contributed by atoms with E-state index in [1.165, 1.54) is 29.3 Å². The quantitative estimate of drug-likeness (QED) is 0.810. The molecule has 3 aliphatic rings. The normalized spacial score (nSPS) is 28.3. The highest BCUT2D eigenvalue weighted by Gasteiger charge is 2.52. The average Bonchev–Trinajstić information content (AvgIpc) is 3.29. The van der Waals surface area contributed by atoms with Crippen molar-refractivity contribution in [3.8, 4) is 0 Å². The molecule has 4 rings (SSSR count). The molecule has 26 heavy (non-hydrogen) atoms. The second-order valence-corrected chi connectivity index (χ2v) is 9.80. The summed E-state index contributed by atoms with van der Waals surface area (Å²) >= 11 is 0. The first kappa shape index (κ1) is 17.9. The van der Waals surface area contributed by atoms with E-state index in [1.54, 1.807) is 0 Å². The second-order valence-electron chi connectivity index (χ2n) is 7.86. The Bertz CT molecular complexity index is 790. The monoisotopic (exact) mass is 380 g/mol. The molecule has 2 aliphatic heterocycles. The molecule has 0 unspecified atom stereocenters. The van der Waals surface area contributed by atoms with Crippen molar-refractivity contribution in [1.29, 1.82) is 0 Å². The molecule has 0 N–H and O–H groups in total. The molecule has 1 spiro atoms. The Balaban J connectivity index is 1.55. The summed E-state index contributed by atoms with van der Waals surface area (Å²) in [5.41, 5.74) is -0.575. The van der Waals surface area contributed by atoms with Gasteiger partial charge in [-0.3, -0.25) is 4.79 Å². The number of nitrogens with zero attached hydrogens (tertiary/aromatic N) is 2. The molecule has 1 aromatic rings. The van der Waals surface area contributed by atoms with Gasteiger partial charge in [-0.05, 0) is 56.4 Å². The van der Waals surface area contributed by atoms with Gasteiger partial charge >= 0.3 is 0 Å². The first-order valence-electron chi connectivity index (χ1n) is 9.49. The molecule has 2 saturated heterocycles. The van der Waals surface area contributed by atoms with Gasteiger partial charge in [0.1, 0.15) is 5.82 Å². The van der Waals surface area contributed by atoms with Crippen LogP contribution in [0.25, 0.3) is 0 Å². The minimum atomic E-state index is -3.69. The lowest BCUT2D eigenvalue weighted by atomic mass is 9.78. The second kappa shape index (κ2) is 6.60. The largest absolute Gasteiger partial charge is 0.339 e. The van der Waals surface area contributed by atoms with Gasteiger partial charge in [0.05, 0.1) is 10.3 Å². The van der Waals surface area contributed by atoms with E-state index in [1.807, 2.05) is 4.90 Å². The fourth-order valence-corrected chi connectivity index (χ4v) is 6.37. The number of carbonyl (C=O) groups is 1. The minimum absolute atomic E-state index is 0.0897. The van der Waals surface area contributed by atoms with E-state index >= 15 is 0 Å². The Morgan fingerprint density at radius 2 is 1.69 bits per heavy atom. The predicted octanol–water partition coefficient (Wildman–Crippen LogP) is 2.77. The third-order valence-corrected chi connectivity index (χ3v) is 8.16. The van der Waals surface area contributed by atoms with Crippen molar-refractivity contribution >= 4 is 15.9 Å². The number of amides is 1. The number of halogens is 1. The molecule has 1 amide bonds. The van der Waals surface area contributed by atoms with Gasteiger partial charge in [-0.15, -0.1) is 0 Å². The van der Waals surface area contributed by atoms with E-state index in [-0.39, 0.29) is 17.3 Å². The zero-order valence-electron chi connectivity index (χ0n) is 14.9. The van der Waals surface area contributed by atoms with Gasteiger partial charge in [0, 0.05) is 25.7 Å². The lowest BCUT2D eigenvalue weighted by Gasteiger charge is -2.42. The Morgan fingerprint density at radius 1 is 1.00 bits per heavy atom. The van der Waals surface area contributed by atoms with Crippen LogP contribution in [0.15, 0.2) is 29.2 Å². The van der Waals surface area contributed by atoms with Crippen LogP contribution in [-0.4, -0.2) is 49.2 Å². The van der Waals surface area contributed by atoms with Gasteiger partial charge < -0.3 is 4.90 Å². The molecule has 0 radical (unpaired) electrons. The Morgan fingerprint density at radius 3 is 2.38 bits per heavy atom. The highest BCUT2D eigenvalue weighted by atomic mass is 32.2. The number of carbonyl (C=O) groups excluding carboxylic acids is 1. The van der Waals surface area contributed by atoms with Gasteiger partial charge in [0.15, 0.2) is 0 Å². The molecule has 0 aromatic heterocycles. The molecule has 142 valence electrons. The summed E-state index contributed by atoms with van der Waals surface area (Å²) in [7, 11) is -3.69. The van der Waals surface area contributed by atoms with Crippen LogP contribution in [0.4, 0.5) is 4.39 Å². The highest BCUT2D eigenvalue weighted by molar-refractivity contribution is 7.89. The summed E-state index contributed by atoms with van der Waals surface area (Å²) < 4.78 is 40.3. The maximum Gasteiger partial charge on any atom is 0.243 e. The van der Waals surface area contributed by atoms with Crippen LogP contribution >= 0.6 is 0 Å². The van der Waals surface area contributed by atoms with Crippen molar-refractivity contribution < 1.29 is 17.6 Å². The van der Waals surface area contributed by atoms with E-state index in [2.05, 4.69) is 0 Å². The summed E-state index contributed by atoms with van der Waals surface area (Å²) in [5, 5.41) is 0. The molecule has 5 nitrogen and oxygen atoms in total. The minimum Gasteiger partial charge on any atom is -0.339 e. The molecule has 1 saturated carbocycles. The number of rotatable bonds is 3. The number of piperidine rings is 1. The van der Waals surface area contributed by atoms with Gasteiger partial charge in [-0.1, -0.05) is 12.8 Å². The molecular formula is C19H25FN2O3S. The third-order valence-electron chi connectivity index (χ3n) is 6.30. The van der Waals surface area contributed by atoms with Crippen LogP contribution in [0.1, 0.15) is 44.9 Å². The summed E-state index contributed by atoms with van der Waals surface area (Å²) in [6.45, 7) is 1.40. The van der Waals surface area contributed by atoms with Crippen LogP contribution in [0, 0.1) is 11.2 Å². The molecule has 1 aliphatic carbocycles. The van der Waals surface area contributed by atoms with Crippen LogP contribution < -0.4 is 0 Å². The number of sulfonamides is 1. The lowest BCUT2D eigenvalue weighted by Crippen LogP contribution is -2.53. The van der Waals surface area contributed by atoms with E-state index in [9.17, 15) is 17.6 Å². The van der Waals surface area contributed by atoms with Crippen molar-refractivity contribution in [1.82, 2.24) is 9.21 Å². The Hall–Kier alpha value is -1.47. The maximum atomic E-state index is 13.2. The fourth-order valence-electron chi connectivity index (χ4n) is 4.84. The number of hydrogen-bond donors (Lipinski definition) is 0. The topological polar surface area (TPSA) is 57.7 Å². The van der Waals surface area contributed by atoms with Crippen LogP contribution in [0.3, 0.4) is 0 Å². The molecule has 2 heterocycles. The van der Waals surface area contributed by atoms with Crippen LogP contribution in [0.5, 0.6) is 0 Å². The van der Waals surface area contributed by atoms with E-state index < -0.39 is 21.3 Å². The van der Waals surface area contributed by atoms with Crippen LogP contribution in [0.2, 0.25) is 0 Å². The molecule has 1 atom stereocenters. The number of likely N-dealkylation sites (tertiary alicyclic amines) is 1. The lowest BCUT2D eigenvalue weighted by molar-refractivity contribution is -0.148. The highest BCUT2D eigenvalue weighted by Crippen LogP contribution is 2.43. The van der Waals surface area contributed by atoms with E-state index in [0.717, 1.165) is 44.4 Å². The Kier molecular flexibility index (Phi) is 4.55. The Labute approximate surface area is 154 Å². The maximum absolute atomic E-state index is 13.2. The molecule has 0 bridgehead atoms. The SMILES string of the molecule is O=C1N(C2CCCC2)CCC[C@@]12CCN(S(=O)(=O)c1ccc(F)cc1)C2. The van der Waals surface area contributed by atoms with Crippen molar-refractivity contribution in [2.45, 2.75) is 55.9 Å². The molecule has 1 aromatic carbocycles. The third kappa shape index (κ3) is 2.95. The molecular weight excluding hydrogens is 355 g/mol. The summed E-state index contributed by atoms with van der Waals surface area (Å²) in [6.07, 6.45) is 6.75. The van der Waals surface area contributed by atoms with E-state index in [4.69, 9.17) is 0 Å². The van der Waals surface area contributed by atoms with E-state index in [0.29, 0.717) is 19.0 Å². The molecule has 7 heteroatoms. The summed E-state index contributed by atoms with van der Waals surface area (Å²) in [4.78, 5) is 15.4. The van der Waals surface area contributed by atoms with Gasteiger partial charge in [0.2, 0.25) is 15.9 Å². The first-order valence-corrected chi connectivity index (χ1v) is 10.9. The van der Waals surface area contributed by atoms with Crippen LogP contribution in [-0.2, 0) is 14.8 Å². The number of benzene rings is 1. The van der Waals surface area contributed by atoms with Crippen molar-refractivity contribution in [3.63, 3.8) is 0 Å². The fraction of sp³-hybridized carbons (Fsp3) is 0.632. The first-order chi connectivity index (χ1) is 12.4. The van der Waals surface area contributed by atoms with Crippen molar-refractivity contribution in [2.75, 3.05) is 19.6 Å². The van der Waals surface area contributed by atoms with Gasteiger partial charge in [0.25, 0.3) is 0 Å². The zero-order valence-corrected chi connectivity index (χ0v) is 15.7. The smallest absolute Gasteiger partial charge is 0.243 e.